The van der Waals surface area contributed by atoms with E-state index in [0.29, 0.717) is 24.4 Å². The van der Waals surface area contributed by atoms with Gasteiger partial charge in [-0.15, -0.1) is 0 Å². The molecule has 0 saturated carbocycles. The first kappa shape index (κ1) is 21.0. The standard InChI is InChI=1S/C24H33N7O/c1-17(2)20-16-27-31-22(20)28-24(32-19-9-7-11-25-15-19)29-23(31)26-14-18-8-3-4-10-21(18)30-12-5-6-13-30/h3-4,8,10,16-17,19,25H,5-7,9,11-15H2,1-2H3,(H,26,28,29). The molecule has 1 atom stereocenters. The highest BCUT2D eigenvalue weighted by molar-refractivity contribution is 5.56. The number of aromatic nitrogens is 4. The van der Waals surface area contributed by atoms with Crippen LogP contribution in [0.5, 0.6) is 6.01 Å². The Bertz CT molecular complexity index is 1050. The van der Waals surface area contributed by atoms with Crippen molar-refractivity contribution in [3.05, 3.63) is 41.6 Å². The highest BCUT2D eigenvalue weighted by Crippen LogP contribution is 2.27. The molecule has 4 heterocycles. The van der Waals surface area contributed by atoms with Crippen molar-refractivity contribution in [1.29, 1.82) is 0 Å². The van der Waals surface area contributed by atoms with Crippen molar-refractivity contribution in [3.63, 3.8) is 0 Å². The predicted octanol–water partition coefficient (Wildman–Crippen LogP) is 3.59. The lowest BCUT2D eigenvalue weighted by atomic mass is 10.1. The monoisotopic (exact) mass is 435 g/mol. The number of para-hydroxylation sites is 1. The number of piperidine rings is 1. The molecule has 0 bridgehead atoms. The fourth-order valence-electron chi connectivity index (χ4n) is 4.62. The molecule has 2 saturated heterocycles. The molecule has 0 aliphatic carbocycles. The third-order valence-electron chi connectivity index (χ3n) is 6.40. The van der Waals surface area contributed by atoms with Gasteiger partial charge in [0.15, 0.2) is 5.65 Å². The van der Waals surface area contributed by atoms with Gasteiger partial charge in [-0.05, 0) is 49.8 Å². The molecule has 2 fully saturated rings. The van der Waals surface area contributed by atoms with Crippen LogP contribution in [-0.2, 0) is 6.54 Å². The molecule has 32 heavy (non-hydrogen) atoms. The first-order valence-corrected chi connectivity index (χ1v) is 11.9. The van der Waals surface area contributed by atoms with E-state index < -0.39 is 0 Å². The molecule has 0 amide bonds. The zero-order valence-corrected chi connectivity index (χ0v) is 19.0. The number of hydrogen-bond donors (Lipinski definition) is 2. The Morgan fingerprint density at radius 2 is 2.00 bits per heavy atom. The normalized spacial score (nSPS) is 19.1. The summed E-state index contributed by atoms with van der Waals surface area (Å²) in [5.41, 5.74) is 4.47. The lowest BCUT2D eigenvalue weighted by molar-refractivity contribution is 0.153. The predicted molar refractivity (Wildman–Crippen MR) is 127 cm³/mol. The van der Waals surface area contributed by atoms with Crippen molar-refractivity contribution in [3.8, 4) is 6.01 Å². The van der Waals surface area contributed by atoms with Crippen LogP contribution in [-0.4, -0.2) is 51.9 Å². The maximum Gasteiger partial charge on any atom is 0.322 e. The van der Waals surface area contributed by atoms with Gasteiger partial charge in [0.25, 0.3) is 0 Å². The molecular weight excluding hydrogens is 402 g/mol. The molecule has 8 heteroatoms. The highest BCUT2D eigenvalue weighted by atomic mass is 16.5. The van der Waals surface area contributed by atoms with Crippen LogP contribution in [0.15, 0.2) is 30.5 Å². The Labute approximate surface area is 189 Å². The molecule has 1 unspecified atom stereocenters. The minimum atomic E-state index is 0.0976. The van der Waals surface area contributed by atoms with Crippen LogP contribution in [0.3, 0.4) is 0 Å². The van der Waals surface area contributed by atoms with Crippen molar-refractivity contribution in [1.82, 2.24) is 24.9 Å². The zero-order valence-electron chi connectivity index (χ0n) is 19.0. The van der Waals surface area contributed by atoms with E-state index in [2.05, 4.69) is 58.7 Å². The first-order valence-electron chi connectivity index (χ1n) is 11.9. The zero-order chi connectivity index (χ0) is 21.9. The lowest BCUT2D eigenvalue weighted by Gasteiger charge is -2.23. The Morgan fingerprint density at radius 3 is 2.78 bits per heavy atom. The van der Waals surface area contributed by atoms with E-state index in [1.807, 2.05) is 6.20 Å². The minimum absolute atomic E-state index is 0.0976. The second-order valence-corrected chi connectivity index (χ2v) is 9.08. The largest absolute Gasteiger partial charge is 0.459 e. The molecule has 3 aromatic rings. The van der Waals surface area contributed by atoms with E-state index in [9.17, 15) is 0 Å². The van der Waals surface area contributed by atoms with Crippen molar-refractivity contribution < 1.29 is 4.74 Å². The van der Waals surface area contributed by atoms with Gasteiger partial charge in [0.1, 0.15) is 6.10 Å². The molecule has 0 spiro atoms. The molecular formula is C24H33N7O. The third-order valence-corrected chi connectivity index (χ3v) is 6.40. The molecule has 2 aliphatic heterocycles. The number of nitrogens with zero attached hydrogens (tertiary/aromatic N) is 5. The molecule has 8 nitrogen and oxygen atoms in total. The summed E-state index contributed by atoms with van der Waals surface area (Å²) in [5, 5.41) is 11.5. The van der Waals surface area contributed by atoms with Crippen LogP contribution in [0.4, 0.5) is 11.6 Å². The van der Waals surface area contributed by atoms with Crippen LogP contribution >= 0.6 is 0 Å². The van der Waals surface area contributed by atoms with E-state index in [1.54, 1.807) is 4.52 Å². The van der Waals surface area contributed by atoms with Crippen LogP contribution in [0.1, 0.15) is 56.6 Å². The van der Waals surface area contributed by atoms with Gasteiger partial charge in [-0.2, -0.15) is 19.6 Å². The van der Waals surface area contributed by atoms with Gasteiger partial charge in [0.05, 0.1) is 6.20 Å². The average Bonchev–Trinajstić information content (AvgIpc) is 3.49. The molecule has 0 radical (unpaired) electrons. The average molecular weight is 436 g/mol. The Morgan fingerprint density at radius 1 is 1.16 bits per heavy atom. The number of anilines is 2. The van der Waals surface area contributed by atoms with Gasteiger partial charge in [-0.3, -0.25) is 0 Å². The summed E-state index contributed by atoms with van der Waals surface area (Å²) >= 11 is 0. The molecule has 1 aromatic carbocycles. The fraction of sp³-hybridized carbons (Fsp3) is 0.542. The van der Waals surface area contributed by atoms with Crippen molar-refractivity contribution in [2.75, 3.05) is 36.4 Å². The smallest absolute Gasteiger partial charge is 0.322 e. The fourth-order valence-corrected chi connectivity index (χ4v) is 4.62. The van der Waals surface area contributed by atoms with Crippen molar-refractivity contribution in [2.24, 2.45) is 0 Å². The Kier molecular flexibility index (Phi) is 6.12. The number of ether oxygens (including phenoxy) is 1. The van der Waals surface area contributed by atoms with Crippen molar-refractivity contribution in [2.45, 2.75) is 58.1 Å². The van der Waals surface area contributed by atoms with Gasteiger partial charge < -0.3 is 20.3 Å². The SMILES string of the molecule is CC(C)c1cnn2c(NCc3ccccc3N3CCCC3)nc(OC3CCCNC3)nc12. The summed E-state index contributed by atoms with van der Waals surface area (Å²) in [6, 6.07) is 9.04. The van der Waals surface area contributed by atoms with E-state index in [0.717, 1.165) is 50.2 Å². The Balaban J connectivity index is 1.44. The summed E-state index contributed by atoms with van der Waals surface area (Å²) in [4.78, 5) is 11.9. The number of benzene rings is 1. The van der Waals surface area contributed by atoms with Crippen molar-refractivity contribution >= 4 is 17.3 Å². The third kappa shape index (κ3) is 4.37. The van der Waals surface area contributed by atoms with Crippen LogP contribution in [0.25, 0.3) is 5.65 Å². The van der Waals surface area contributed by atoms with Crippen LogP contribution in [0.2, 0.25) is 0 Å². The lowest BCUT2D eigenvalue weighted by Crippen LogP contribution is -2.37. The van der Waals surface area contributed by atoms with E-state index in [4.69, 9.17) is 14.7 Å². The molecule has 2 N–H and O–H groups in total. The summed E-state index contributed by atoms with van der Waals surface area (Å²) in [7, 11) is 0. The summed E-state index contributed by atoms with van der Waals surface area (Å²) in [6.45, 7) is 9.10. The van der Waals surface area contributed by atoms with E-state index in [-0.39, 0.29) is 6.10 Å². The van der Waals surface area contributed by atoms with Gasteiger partial charge in [-0.1, -0.05) is 32.0 Å². The number of rotatable bonds is 7. The molecule has 2 aliphatic rings. The van der Waals surface area contributed by atoms with E-state index in [1.165, 1.54) is 24.1 Å². The summed E-state index contributed by atoms with van der Waals surface area (Å²) in [5.74, 6) is 0.979. The first-order chi connectivity index (χ1) is 15.7. The number of hydrogen-bond acceptors (Lipinski definition) is 7. The van der Waals surface area contributed by atoms with Gasteiger partial charge in [0, 0.05) is 37.4 Å². The summed E-state index contributed by atoms with van der Waals surface area (Å²) < 4.78 is 8.00. The quantitative estimate of drug-likeness (QED) is 0.587. The van der Waals surface area contributed by atoms with E-state index >= 15 is 0 Å². The molecule has 5 rings (SSSR count). The second-order valence-electron chi connectivity index (χ2n) is 9.08. The second kappa shape index (κ2) is 9.32. The number of nitrogens with one attached hydrogen (secondary N) is 2. The highest BCUT2D eigenvalue weighted by Gasteiger charge is 2.21. The molecule has 170 valence electrons. The maximum absolute atomic E-state index is 6.19. The van der Waals surface area contributed by atoms with Gasteiger partial charge in [0.2, 0.25) is 5.95 Å². The topological polar surface area (TPSA) is 79.6 Å². The number of fused-ring (bicyclic) bond motifs is 1. The van der Waals surface area contributed by atoms with Gasteiger partial charge in [-0.25, -0.2) is 0 Å². The molecule has 2 aromatic heterocycles. The minimum Gasteiger partial charge on any atom is -0.459 e. The summed E-state index contributed by atoms with van der Waals surface area (Å²) in [6.07, 6.45) is 6.63. The van der Waals surface area contributed by atoms with Crippen LogP contribution in [0, 0.1) is 0 Å². The maximum atomic E-state index is 6.19. The van der Waals surface area contributed by atoms with Gasteiger partial charge >= 0.3 is 6.01 Å². The Hall–Kier alpha value is -2.87. The van der Waals surface area contributed by atoms with Crippen LogP contribution < -0.4 is 20.3 Å².